The predicted octanol–water partition coefficient (Wildman–Crippen LogP) is 4.39. The molecule has 0 bridgehead atoms. The van der Waals surface area contributed by atoms with Crippen molar-refractivity contribution < 1.29 is 0 Å². The van der Waals surface area contributed by atoms with Crippen LogP contribution in [-0.4, -0.2) is 18.5 Å². The summed E-state index contributed by atoms with van der Waals surface area (Å²) in [6, 6.07) is 14.4. The van der Waals surface area contributed by atoms with Gasteiger partial charge in [-0.25, -0.2) is 0 Å². The molecule has 1 atom stereocenters. The van der Waals surface area contributed by atoms with E-state index >= 15 is 0 Å². The van der Waals surface area contributed by atoms with Crippen LogP contribution < -0.4 is 0 Å². The van der Waals surface area contributed by atoms with Crippen molar-refractivity contribution in [1.82, 2.24) is 4.90 Å². The van der Waals surface area contributed by atoms with E-state index in [-0.39, 0.29) is 0 Å². The van der Waals surface area contributed by atoms with Gasteiger partial charge in [-0.05, 0) is 59.7 Å². The number of likely N-dealkylation sites (N-methyl/N-ethyl adjacent to an activating group) is 1. The molecule has 1 heterocycles. The molecule has 21 heavy (non-hydrogen) atoms. The van der Waals surface area contributed by atoms with E-state index < -0.39 is 0 Å². The summed E-state index contributed by atoms with van der Waals surface area (Å²) in [5.74, 6) is 0. The molecule has 0 amide bonds. The zero-order chi connectivity index (χ0) is 14.4. The molecule has 0 N–H and O–H groups in total. The summed E-state index contributed by atoms with van der Waals surface area (Å²) in [4.78, 5) is 2.55. The molecular weight excluding hydrogens is 254 g/mol. The molecule has 2 aromatic rings. The van der Waals surface area contributed by atoms with Gasteiger partial charge in [0.1, 0.15) is 0 Å². The van der Waals surface area contributed by atoms with Crippen LogP contribution in [0.5, 0.6) is 0 Å². The maximum atomic E-state index is 2.55. The molecule has 4 rings (SSSR count). The molecule has 0 fully saturated rings. The van der Waals surface area contributed by atoms with Gasteiger partial charge in [-0.3, -0.25) is 4.90 Å². The van der Waals surface area contributed by atoms with Crippen LogP contribution in [0.15, 0.2) is 36.4 Å². The molecule has 0 aromatic heterocycles. The van der Waals surface area contributed by atoms with Crippen LogP contribution in [0, 0.1) is 0 Å². The van der Waals surface area contributed by atoms with E-state index in [0.29, 0.717) is 6.04 Å². The van der Waals surface area contributed by atoms with Gasteiger partial charge in [0.15, 0.2) is 0 Å². The molecule has 2 aromatic carbocycles. The van der Waals surface area contributed by atoms with Crippen molar-refractivity contribution in [2.75, 3.05) is 13.6 Å². The third kappa shape index (κ3) is 1.95. The first-order valence-corrected chi connectivity index (χ1v) is 8.22. The van der Waals surface area contributed by atoms with Gasteiger partial charge in [0.05, 0.1) is 0 Å². The van der Waals surface area contributed by atoms with Gasteiger partial charge >= 0.3 is 0 Å². The SMILES string of the molecule is CCCc1ccc2c3c1-c1ccccc1CC3N(C)CC2. The fourth-order valence-electron chi connectivity index (χ4n) is 4.18. The van der Waals surface area contributed by atoms with Crippen LogP contribution in [-0.2, 0) is 19.3 Å². The van der Waals surface area contributed by atoms with Crippen LogP contribution in [0.4, 0.5) is 0 Å². The zero-order valence-electron chi connectivity index (χ0n) is 13.0. The third-order valence-corrected chi connectivity index (χ3v) is 5.24. The number of aryl methyl sites for hydroxylation is 1. The second-order valence-corrected chi connectivity index (χ2v) is 6.53. The predicted molar refractivity (Wildman–Crippen MR) is 88.7 cm³/mol. The first kappa shape index (κ1) is 13.1. The monoisotopic (exact) mass is 277 g/mol. The second kappa shape index (κ2) is 4.99. The third-order valence-electron chi connectivity index (χ3n) is 5.24. The molecule has 1 aliphatic heterocycles. The zero-order valence-corrected chi connectivity index (χ0v) is 13.0. The Balaban J connectivity index is 2.02. The topological polar surface area (TPSA) is 3.24 Å². The fraction of sp³-hybridized carbons (Fsp3) is 0.400. The number of benzene rings is 2. The lowest BCUT2D eigenvalue weighted by molar-refractivity contribution is 0.228. The number of hydrogen-bond acceptors (Lipinski definition) is 1. The molecule has 0 saturated carbocycles. The molecular formula is C20H23N. The number of fused-ring (bicyclic) bond motifs is 2. The summed E-state index contributed by atoms with van der Waals surface area (Å²) in [7, 11) is 2.29. The molecule has 1 aliphatic carbocycles. The molecule has 2 aliphatic rings. The molecule has 0 spiro atoms. The number of hydrogen-bond donors (Lipinski definition) is 0. The van der Waals surface area contributed by atoms with Gasteiger partial charge in [-0.15, -0.1) is 0 Å². The van der Waals surface area contributed by atoms with Crippen LogP contribution in [0.1, 0.15) is 41.6 Å². The Morgan fingerprint density at radius 3 is 2.81 bits per heavy atom. The molecule has 1 heteroatoms. The Morgan fingerprint density at radius 1 is 1.10 bits per heavy atom. The summed E-state index contributed by atoms with van der Waals surface area (Å²) in [5, 5.41) is 0. The normalized spacial score (nSPS) is 20.0. The van der Waals surface area contributed by atoms with Crippen molar-refractivity contribution in [1.29, 1.82) is 0 Å². The Morgan fingerprint density at radius 2 is 1.95 bits per heavy atom. The van der Waals surface area contributed by atoms with Crippen LogP contribution in [0.25, 0.3) is 11.1 Å². The first-order chi connectivity index (χ1) is 10.3. The summed E-state index contributed by atoms with van der Waals surface area (Å²) < 4.78 is 0. The largest absolute Gasteiger partial charge is 0.299 e. The average Bonchev–Trinajstić information content (AvgIpc) is 2.52. The standard InChI is InChI=1S/C20H23N/c1-3-6-14-9-10-15-11-12-21(2)18-13-16-7-4-5-8-17(16)19(14)20(15)18/h4-5,7-10,18H,3,6,11-13H2,1-2H3. The van der Waals surface area contributed by atoms with Crippen molar-refractivity contribution in [3.63, 3.8) is 0 Å². The highest BCUT2D eigenvalue weighted by atomic mass is 15.1. The summed E-state index contributed by atoms with van der Waals surface area (Å²) in [5.41, 5.74) is 9.34. The summed E-state index contributed by atoms with van der Waals surface area (Å²) >= 11 is 0. The van der Waals surface area contributed by atoms with Crippen LogP contribution in [0.2, 0.25) is 0 Å². The lowest BCUT2D eigenvalue weighted by atomic mass is 9.75. The Hall–Kier alpha value is -1.60. The molecule has 1 unspecified atom stereocenters. The minimum Gasteiger partial charge on any atom is -0.299 e. The van der Waals surface area contributed by atoms with Crippen molar-refractivity contribution >= 4 is 0 Å². The van der Waals surface area contributed by atoms with Gasteiger partial charge in [0.2, 0.25) is 0 Å². The van der Waals surface area contributed by atoms with E-state index in [0.717, 1.165) is 0 Å². The van der Waals surface area contributed by atoms with Crippen molar-refractivity contribution in [3.8, 4) is 11.1 Å². The molecule has 0 radical (unpaired) electrons. The van der Waals surface area contributed by atoms with Crippen LogP contribution in [0.3, 0.4) is 0 Å². The Bertz CT molecular complexity index is 686. The molecule has 0 saturated heterocycles. The minimum atomic E-state index is 0.579. The quantitative estimate of drug-likeness (QED) is 0.787. The second-order valence-electron chi connectivity index (χ2n) is 6.53. The Labute approximate surface area is 127 Å². The van der Waals surface area contributed by atoms with Gasteiger partial charge in [-0.2, -0.15) is 0 Å². The Kier molecular flexibility index (Phi) is 3.11. The first-order valence-electron chi connectivity index (χ1n) is 8.22. The van der Waals surface area contributed by atoms with E-state index in [1.165, 1.54) is 43.4 Å². The maximum absolute atomic E-state index is 2.55. The highest BCUT2D eigenvalue weighted by Gasteiger charge is 2.33. The number of nitrogens with zero attached hydrogens (tertiary/aromatic N) is 1. The smallest absolute Gasteiger partial charge is 0.0394 e. The van der Waals surface area contributed by atoms with Crippen molar-refractivity contribution in [3.05, 3.63) is 58.7 Å². The van der Waals surface area contributed by atoms with Gasteiger partial charge in [0, 0.05) is 12.6 Å². The summed E-state index contributed by atoms with van der Waals surface area (Å²) in [6.45, 7) is 3.47. The average molecular weight is 277 g/mol. The number of rotatable bonds is 2. The van der Waals surface area contributed by atoms with Crippen LogP contribution >= 0.6 is 0 Å². The van der Waals surface area contributed by atoms with E-state index in [1.807, 2.05) is 0 Å². The van der Waals surface area contributed by atoms with Gasteiger partial charge in [0.25, 0.3) is 0 Å². The minimum absolute atomic E-state index is 0.579. The molecule has 108 valence electrons. The van der Waals surface area contributed by atoms with E-state index in [9.17, 15) is 0 Å². The molecule has 1 nitrogen and oxygen atoms in total. The van der Waals surface area contributed by atoms with E-state index in [2.05, 4.69) is 55.3 Å². The maximum Gasteiger partial charge on any atom is 0.0394 e. The van der Waals surface area contributed by atoms with E-state index in [1.54, 1.807) is 22.3 Å². The van der Waals surface area contributed by atoms with Gasteiger partial charge in [-0.1, -0.05) is 49.7 Å². The highest BCUT2D eigenvalue weighted by Crippen LogP contribution is 2.46. The fourth-order valence-corrected chi connectivity index (χ4v) is 4.18. The van der Waals surface area contributed by atoms with E-state index in [4.69, 9.17) is 0 Å². The van der Waals surface area contributed by atoms with Crippen molar-refractivity contribution in [2.24, 2.45) is 0 Å². The highest BCUT2D eigenvalue weighted by molar-refractivity contribution is 5.78. The van der Waals surface area contributed by atoms with Crippen molar-refractivity contribution in [2.45, 2.75) is 38.6 Å². The van der Waals surface area contributed by atoms with Gasteiger partial charge < -0.3 is 0 Å². The summed E-state index contributed by atoms with van der Waals surface area (Å²) in [6.07, 6.45) is 4.77. The lowest BCUT2D eigenvalue weighted by Gasteiger charge is -2.40. The lowest BCUT2D eigenvalue weighted by Crippen LogP contribution is -2.35.